The molecule has 1 saturated heterocycles. The predicted octanol–water partition coefficient (Wildman–Crippen LogP) is 3.77. The van der Waals surface area contributed by atoms with Crippen LogP contribution >= 0.6 is 0 Å². The van der Waals surface area contributed by atoms with Gasteiger partial charge in [-0.25, -0.2) is 0 Å². The number of amides is 1. The standard InChI is InChI=1S/C21H35N3O/c1-5-6-13-23(4)20-9-7-18(8-10-20)21(25)22-19-11-14-24(15-12-19)16-17(2)3/h7-10,17,19H,5-6,11-16H2,1-4H3,(H,22,25). The minimum Gasteiger partial charge on any atom is -0.375 e. The Balaban J connectivity index is 1.81. The number of nitrogens with zero attached hydrogens (tertiary/aromatic N) is 2. The van der Waals surface area contributed by atoms with Gasteiger partial charge in [-0.05, 0) is 49.4 Å². The number of piperidine rings is 1. The van der Waals surface area contributed by atoms with Gasteiger partial charge in [0.25, 0.3) is 5.91 Å². The summed E-state index contributed by atoms with van der Waals surface area (Å²) in [6, 6.07) is 8.30. The molecular formula is C21H35N3O. The van der Waals surface area contributed by atoms with E-state index in [2.05, 4.69) is 55.1 Å². The smallest absolute Gasteiger partial charge is 0.251 e. The third kappa shape index (κ3) is 6.35. The van der Waals surface area contributed by atoms with Crippen molar-refractivity contribution in [3.05, 3.63) is 29.8 Å². The maximum Gasteiger partial charge on any atom is 0.251 e. The van der Waals surface area contributed by atoms with Crippen LogP contribution in [0.3, 0.4) is 0 Å². The molecule has 0 atom stereocenters. The van der Waals surface area contributed by atoms with Crippen LogP contribution in [0.5, 0.6) is 0 Å². The Morgan fingerprint density at radius 3 is 2.44 bits per heavy atom. The normalized spacial score (nSPS) is 16.2. The summed E-state index contributed by atoms with van der Waals surface area (Å²) < 4.78 is 0. The lowest BCUT2D eigenvalue weighted by atomic mass is 10.0. The number of benzene rings is 1. The number of carbonyl (C=O) groups excluding carboxylic acids is 1. The van der Waals surface area contributed by atoms with Crippen molar-refractivity contribution in [1.82, 2.24) is 10.2 Å². The second kappa shape index (κ2) is 9.81. The highest BCUT2D eigenvalue weighted by molar-refractivity contribution is 5.94. The number of unbranched alkanes of at least 4 members (excludes halogenated alkanes) is 1. The van der Waals surface area contributed by atoms with E-state index in [0.29, 0.717) is 12.0 Å². The summed E-state index contributed by atoms with van der Waals surface area (Å²) in [6.45, 7) is 11.1. The molecule has 4 nitrogen and oxygen atoms in total. The molecule has 25 heavy (non-hydrogen) atoms. The van der Waals surface area contributed by atoms with Gasteiger partial charge in [0.05, 0.1) is 0 Å². The highest BCUT2D eigenvalue weighted by atomic mass is 16.1. The van der Waals surface area contributed by atoms with Crippen LogP contribution < -0.4 is 10.2 Å². The first kappa shape index (κ1) is 19.8. The van der Waals surface area contributed by atoms with E-state index in [9.17, 15) is 4.79 Å². The molecule has 1 aromatic carbocycles. The van der Waals surface area contributed by atoms with Crippen molar-refractivity contribution in [2.24, 2.45) is 5.92 Å². The first-order valence-electron chi connectivity index (χ1n) is 9.84. The number of carbonyl (C=O) groups is 1. The van der Waals surface area contributed by atoms with Gasteiger partial charge in [0.2, 0.25) is 0 Å². The number of likely N-dealkylation sites (tertiary alicyclic amines) is 1. The Kier molecular flexibility index (Phi) is 7.76. The molecule has 0 aliphatic carbocycles. The van der Waals surface area contributed by atoms with Crippen molar-refractivity contribution in [2.75, 3.05) is 38.1 Å². The number of anilines is 1. The number of hydrogen-bond acceptors (Lipinski definition) is 3. The second-order valence-corrected chi connectivity index (χ2v) is 7.76. The van der Waals surface area contributed by atoms with E-state index < -0.39 is 0 Å². The van der Waals surface area contributed by atoms with Crippen molar-refractivity contribution in [3.63, 3.8) is 0 Å². The lowest BCUT2D eigenvalue weighted by Gasteiger charge is -2.33. The molecule has 140 valence electrons. The zero-order chi connectivity index (χ0) is 18.2. The molecule has 1 aliphatic heterocycles. The number of rotatable bonds is 8. The highest BCUT2D eigenvalue weighted by Gasteiger charge is 2.21. The first-order chi connectivity index (χ1) is 12.0. The van der Waals surface area contributed by atoms with Crippen LogP contribution in [0.4, 0.5) is 5.69 Å². The van der Waals surface area contributed by atoms with E-state index in [-0.39, 0.29) is 5.91 Å². The van der Waals surface area contributed by atoms with Crippen molar-refractivity contribution in [1.29, 1.82) is 0 Å². The Morgan fingerprint density at radius 1 is 1.24 bits per heavy atom. The quantitative estimate of drug-likeness (QED) is 0.779. The molecule has 1 fully saturated rings. The molecule has 0 spiro atoms. The second-order valence-electron chi connectivity index (χ2n) is 7.76. The summed E-state index contributed by atoms with van der Waals surface area (Å²) in [7, 11) is 2.11. The van der Waals surface area contributed by atoms with Crippen LogP contribution in [0, 0.1) is 5.92 Å². The molecule has 0 saturated carbocycles. The zero-order valence-electron chi connectivity index (χ0n) is 16.4. The van der Waals surface area contributed by atoms with Gasteiger partial charge in [0.1, 0.15) is 0 Å². The van der Waals surface area contributed by atoms with E-state index in [1.165, 1.54) is 18.5 Å². The third-order valence-corrected chi connectivity index (χ3v) is 4.96. The topological polar surface area (TPSA) is 35.6 Å². The summed E-state index contributed by atoms with van der Waals surface area (Å²) in [4.78, 5) is 17.2. The summed E-state index contributed by atoms with van der Waals surface area (Å²) >= 11 is 0. The molecule has 1 heterocycles. The van der Waals surface area contributed by atoms with Crippen molar-refractivity contribution in [3.8, 4) is 0 Å². The van der Waals surface area contributed by atoms with Gasteiger partial charge in [-0.15, -0.1) is 0 Å². The van der Waals surface area contributed by atoms with Gasteiger partial charge in [0, 0.05) is 50.5 Å². The summed E-state index contributed by atoms with van der Waals surface area (Å²) in [5.41, 5.74) is 1.93. The van der Waals surface area contributed by atoms with E-state index >= 15 is 0 Å². The molecule has 0 unspecified atom stereocenters. The average molecular weight is 346 g/mol. The molecular weight excluding hydrogens is 310 g/mol. The molecule has 4 heteroatoms. The van der Waals surface area contributed by atoms with Gasteiger partial charge in [-0.3, -0.25) is 4.79 Å². The van der Waals surface area contributed by atoms with Gasteiger partial charge in [-0.2, -0.15) is 0 Å². The van der Waals surface area contributed by atoms with Crippen LogP contribution in [0.25, 0.3) is 0 Å². The first-order valence-corrected chi connectivity index (χ1v) is 9.84. The molecule has 0 bridgehead atoms. The maximum atomic E-state index is 12.5. The summed E-state index contributed by atoms with van der Waals surface area (Å²) in [6.07, 6.45) is 4.49. The zero-order valence-corrected chi connectivity index (χ0v) is 16.4. The highest BCUT2D eigenvalue weighted by Crippen LogP contribution is 2.16. The molecule has 0 radical (unpaired) electrons. The molecule has 1 aromatic rings. The predicted molar refractivity (Wildman–Crippen MR) is 106 cm³/mol. The van der Waals surface area contributed by atoms with Gasteiger partial charge >= 0.3 is 0 Å². The molecule has 1 N–H and O–H groups in total. The van der Waals surface area contributed by atoms with Crippen LogP contribution in [0.15, 0.2) is 24.3 Å². The van der Waals surface area contributed by atoms with E-state index in [1.54, 1.807) is 0 Å². The van der Waals surface area contributed by atoms with Crippen LogP contribution in [0.2, 0.25) is 0 Å². The Bertz CT molecular complexity index is 518. The van der Waals surface area contributed by atoms with E-state index in [1.807, 2.05) is 12.1 Å². The minimum atomic E-state index is 0.0603. The Hall–Kier alpha value is -1.55. The fourth-order valence-electron chi connectivity index (χ4n) is 3.44. The SMILES string of the molecule is CCCCN(C)c1ccc(C(=O)NC2CCN(CC(C)C)CC2)cc1. The van der Waals surface area contributed by atoms with Crippen LogP contribution in [-0.2, 0) is 0 Å². The fourth-order valence-corrected chi connectivity index (χ4v) is 3.44. The van der Waals surface area contributed by atoms with E-state index in [0.717, 1.165) is 44.6 Å². The van der Waals surface area contributed by atoms with Crippen molar-refractivity contribution >= 4 is 11.6 Å². The molecule has 0 aromatic heterocycles. The molecule has 1 amide bonds. The fraction of sp³-hybridized carbons (Fsp3) is 0.667. The molecule has 2 rings (SSSR count). The Morgan fingerprint density at radius 2 is 1.88 bits per heavy atom. The lowest BCUT2D eigenvalue weighted by Crippen LogP contribution is -2.45. The monoisotopic (exact) mass is 345 g/mol. The number of nitrogens with one attached hydrogen (secondary N) is 1. The lowest BCUT2D eigenvalue weighted by molar-refractivity contribution is 0.0907. The summed E-state index contributed by atoms with van der Waals surface area (Å²) in [5, 5.41) is 3.21. The summed E-state index contributed by atoms with van der Waals surface area (Å²) in [5.74, 6) is 0.769. The van der Waals surface area contributed by atoms with E-state index in [4.69, 9.17) is 0 Å². The van der Waals surface area contributed by atoms with Crippen LogP contribution in [0.1, 0.15) is 56.8 Å². The van der Waals surface area contributed by atoms with Gasteiger partial charge in [-0.1, -0.05) is 27.2 Å². The maximum absolute atomic E-state index is 12.5. The van der Waals surface area contributed by atoms with Gasteiger partial charge < -0.3 is 15.1 Å². The molecule has 1 aliphatic rings. The van der Waals surface area contributed by atoms with Crippen molar-refractivity contribution in [2.45, 2.75) is 52.5 Å². The van der Waals surface area contributed by atoms with Crippen molar-refractivity contribution < 1.29 is 4.79 Å². The largest absolute Gasteiger partial charge is 0.375 e. The van der Waals surface area contributed by atoms with Gasteiger partial charge in [0.15, 0.2) is 0 Å². The van der Waals surface area contributed by atoms with Crippen LogP contribution in [-0.4, -0.2) is 50.1 Å². The number of hydrogen-bond donors (Lipinski definition) is 1. The Labute approximate surface area is 153 Å². The average Bonchev–Trinajstić information content (AvgIpc) is 2.61. The third-order valence-electron chi connectivity index (χ3n) is 4.96. The minimum absolute atomic E-state index is 0.0603.